The number of allylic oxidation sites excluding steroid dienone is 1. The van der Waals surface area contributed by atoms with Gasteiger partial charge in [0, 0.05) is 41.1 Å². The van der Waals surface area contributed by atoms with Crippen molar-refractivity contribution >= 4 is 17.4 Å². The Morgan fingerprint density at radius 3 is 2.58 bits per heavy atom. The van der Waals surface area contributed by atoms with Gasteiger partial charge in [-0.1, -0.05) is 42.5 Å². The van der Waals surface area contributed by atoms with Gasteiger partial charge in [-0.05, 0) is 40.1 Å². The molecule has 3 aromatic heterocycles. The van der Waals surface area contributed by atoms with Gasteiger partial charge in [-0.25, -0.2) is 0 Å². The lowest BCUT2D eigenvalue weighted by Gasteiger charge is -2.33. The standard InChI is InChI=1S/C22H17N3S/c1-2-4-17(5-3-1)22(18-9-13-26-15-18)10-6-19-20(14-22)24-25-21(19)16-7-11-23-12-8-16/h1-13,15H,14H2,(H,24,25). The predicted molar refractivity (Wildman–Crippen MR) is 106 cm³/mol. The Morgan fingerprint density at radius 1 is 0.962 bits per heavy atom. The minimum atomic E-state index is -0.156. The van der Waals surface area contributed by atoms with Crippen LogP contribution in [0.25, 0.3) is 17.3 Å². The second kappa shape index (κ2) is 6.07. The topological polar surface area (TPSA) is 41.6 Å². The molecule has 0 amide bonds. The molecule has 1 aromatic carbocycles. The molecular formula is C22H17N3S. The summed E-state index contributed by atoms with van der Waals surface area (Å²) in [6.45, 7) is 0. The molecule has 0 spiro atoms. The van der Waals surface area contributed by atoms with E-state index in [0.717, 1.165) is 17.7 Å². The van der Waals surface area contributed by atoms with E-state index >= 15 is 0 Å². The number of aromatic amines is 1. The zero-order valence-electron chi connectivity index (χ0n) is 14.1. The maximum Gasteiger partial charge on any atom is 0.0996 e. The van der Waals surface area contributed by atoms with Crippen molar-refractivity contribution in [1.82, 2.24) is 15.2 Å². The van der Waals surface area contributed by atoms with Crippen molar-refractivity contribution in [2.45, 2.75) is 11.8 Å². The third-order valence-corrected chi connectivity index (χ3v) is 5.84. The zero-order chi connectivity index (χ0) is 17.4. The molecule has 5 rings (SSSR count). The molecule has 0 aliphatic heterocycles. The van der Waals surface area contributed by atoms with Crippen molar-refractivity contribution in [2.75, 3.05) is 0 Å². The van der Waals surface area contributed by atoms with E-state index in [4.69, 9.17) is 0 Å². The maximum absolute atomic E-state index is 4.61. The Kier molecular flexibility index (Phi) is 3.57. The van der Waals surface area contributed by atoms with E-state index in [-0.39, 0.29) is 5.41 Å². The molecule has 0 saturated carbocycles. The summed E-state index contributed by atoms with van der Waals surface area (Å²) in [7, 11) is 0. The van der Waals surface area contributed by atoms with Gasteiger partial charge in [0.15, 0.2) is 0 Å². The molecule has 3 nitrogen and oxygen atoms in total. The highest BCUT2D eigenvalue weighted by atomic mass is 32.1. The quantitative estimate of drug-likeness (QED) is 0.556. The number of nitrogens with zero attached hydrogens (tertiary/aromatic N) is 2. The number of hydrogen-bond acceptors (Lipinski definition) is 3. The number of fused-ring (bicyclic) bond motifs is 1. The van der Waals surface area contributed by atoms with Crippen molar-refractivity contribution < 1.29 is 0 Å². The number of benzene rings is 1. The molecule has 4 aromatic rings. The fraction of sp³-hybridized carbons (Fsp3) is 0.0909. The van der Waals surface area contributed by atoms with Gasteiger partial charge in [0.05, 0.1) is 5.69 Å². The summed E-state index contributed by atoms with van der Waals surface area (Å²) >= 11 is 1.74. The number of thiophene rings is 1. The summed E-state index contributed by atoms with van der Waals surface area (Å²) in [6.07, 6.45) is 9.05. The van der Waals surface area contributed by atoms with Crippen molar-refractivity contribution in [3.8, 4) is 11.3 Å². The first-order chi connectivity index (χ1) is 12.9. The highest BCUT2D eigenvalue weighted by molar-refractivity contribution is 7.08. The van der Waals surface area contributed by atoms with Gasteiger partial charge in [0.1, 0.15) is 0 Å². The molecule has 4 heteroatoms. The first-order valence-corrected chi connectivity index (χ1v) is 9.56. The van der Waals surface area contributed by atoms with Crippen molar-refractivity contribution in [3.63, 3.8) is 0 Å². The van der Waals surface area contributed by atoms with Crippen LogP contribution in [-0.4, -0.2) is 15.2 Å². The van der Waals surface area contributed by atoms with Crippen molar-refractivity contribution in [3.05, 3.63) is 100 Å². The van der Waals surface area contributed by atoms with Gasteiger partial charge in [0.2, 0.25) is 0 Å². The minimum Gasteiger partial charge on any atom is -0.281 e. The summed E-state index contributed by atoms with van der Waals surface area (Å²) < 4.78 is 0. The first-order valence-electron chi connectivity index (χ1n) is 8.62. The average molecular weight is 355 g/mol. The van der Waals surface area contributed by atoms with Gasteiger partial charge < -0.3 is 0 Å². The molecular weight excluding hydrogens is 338 g/mol. The van der Waals surface area contributed by atoms with E-state index in [9.17, 15) is 0 Å². The minimum absolute atomic E-state index is 0.156. The summed E-state index contributed by atoms with van der Waals surface area (Å²) in [5, 5.41) is 12.3. The highest BCUT2D eigenvalue weighted by Gasteiger charge is 2.36. The van der Waals surface area contributed by atoms with Crippen LogP contribution in [-0.2, 0) is 11.8 Å². The number of rotatable bonds is 3. The molecule has 0 fully saturated rings. The largest absolute Gasteiger partial charge is 0.281 e. The molecule has 1 unspecified atom stereocenters. The Labute approximate surface area is 156 Å². The molecule has 126 valence electrons. The third kappa shape index (κ3) is 2.34. The van der Waals surface area contributed by atoms with Crippen LogP contribution in [0.2, 0.25) is 0 Å². The Bertz CT molecular complexity index is 1050. The second-order valence-electron chi connectivity index (χ2n) is 6.56. The fourth-order valence-electron chi connectivity index (χ4n) is 3.81. The van der Waals surface area contributed by atoms with Crippen molar-refractivity contribution in [2.24, 2.45) is 0 Å². The molecule has 3 heterocycles. The molecule has 0 bridgehead atoms. The number of aromatic nitrogens is 3. The van der Waals surface area contributed by atoms with Gasteiger partial charge in [-0.3, -0.25) is 10.1 Å². The molecule has 1 atom stereocenters. The zero-order valence-corrected chi connectivity index (χ0v) is 14.9. The van der Waals surface area contributed by atoms with E-state index in [1.807, 2.05) is 24.5 Å². The molecule has 0 saturated heterocycles. The van der Waals surface area contributed by atoms with Crippen LogP contribution in [0.1, 0.15) is 22.4 Å². The molecule has 1 aliphatic carbocycles. The first kappa shape index (κ1) is 15.3. The lowest BCUT2D eigenvalue weighted by atomic mass is 9.69. The number of pyridine rings is 1. The van der Waals surface area contributed by atoms with Gasteiger partial charge >= 0.3 is 0 Å². The van der Waals surface area contributed by atoms with Crippen LogP contribution in [0.4, 0.5) is 0 Å². The van der Waals surface area contributed by atoms with Gasteiger partial charge in [-0.15, -0.1) is 0 Å². The van der Waals surface area contributed by atoms with Crippen LogP contribution in [0, 0.1) is 0 Å². The maximum atomic E-state index is 4.61. The Morgan fingerprint density at radius 2 is 1.81 bits per heavy atom. The molecule has 1 N–H and O–H groups in total. The fourth-order valence-corrected chi connectivity index (χ4v) is 4.55. The SMILES string of the molecule is C1=CC(c2ccccc2)(c2ccsc2)Cc2[nH]nc(-c3ccncc3)c21. The highest BCUT2D eigenvalue weighted by Crippen LogP contribution is 2.43. The summed E-state index contributed by atoms with van der Waals surface area (Å²) in [6, 6.07) is 17.0. The Hall–Kier alpha value is -2.98. The van der Waals surface area contributed by atoms with Crippen LogP contribution < -0.4 is 0 Å². The number of nitrogens with one attached hydrogen (secondary N) is 1. The number of hydrogen-bond donors (Lipinski definition) is 1. The molecule has 1 aliphatic rings. The van der Waals surface area contributed by atoms with Crippen molar-refractivity contribution in [1.29, 1.82) is 0 Å². The van der Waals surface area contributed by atoms with E-state index in [1.165, 1.54) is 22.4 Å². The summed E-state index contributed by atoms with van der Waals surface area (Å²) in [5.41, 5.74) is 6.91. The molecule has 26 heavy (non-hydrogen) atoms. The summed E-state index contributed by atoms with van der Waals surface area (Å²) in [5.74, 6) is 0. The van der Waals surface area contributed by atoms with Crippen LogP contribution in [0.15, 0.2) is 77.8 Å². The third-order valence-electron chi connectivity index (χ3n) is 5.15. The smallest absolute Gasteiger partial charge is 0.0996 e. The average Bonchev–Trinajstić information content (AvgIpc) is 3.39. The van der Waals surface area contributed by atoms with Gasteiger partial charge in [0.25, 0.3) is 0 Å². The predicted octanol–water partition coefficient (Wildman–Crippen LogP) is 5.09. The second-order valence-corrected chi connectivity index (χ2v) is 7.34. The lowest BCUT2D eigenvalue weighted by Crippen LogP contribution is -2.30. The summed E-state index contributed by atoms with van der Waals surface area (Å²) in [4.78, 5) is 4.11. The normalized spacial score (nSPS) is 18.6. The number of H-pyrrole nitrogens is 1. The van der Waals surface area contributed by atoms with Crippen LogP contribution >= 0.6 is 11.3 Å². The van der Waals surface area contributed by atoms with Gasteiger partial charge in [-0.2, -0.15) is 16.4 Å². The Balaban J connectivity index is 1.65. The monoisotopic (exact) mass is 355 g/mol. The van der Waals surface area contributed by atoms with E-state index < -0.39 is 0 Å². The molecule has 0 radical (unpaired) electrons. The van der Waals surface area contributed by atoms with E-state index in [2.05, 4.69) is 74.5 Å². The van der Waals surface area contributed by atoms with E-state index in [1.54, 1.807) is 11.3 Å². The van der Waals surface area contributed by atoms with E-state index in [0.29, 0.717) is 0 Å². The van der Waals surface area contributed by atoms with Crippen LogP contribution in [0.5, 0.6) is 0 Å². The van der Waals surface area contributed by atoms with Crippen LogP contribution in [0.3, 0.4) is 0 Å². The lowest BCUT2D eigenvalue weighted by molar-refractivity contribution is 0.623.